The van der Waals surface area contributed by atoms with Crippen LogP contribution in [0.2, 0.25) is 0 Å². The minimum atomic E-state index is 0.558. The van der Waals surface area contributed by atoms with Crippen LogP contribution in [0.15, 0.2) is 39.4 Å². The van der Waals surface area contributed by atoms with E-state index in [2.05, 4.69) is 36.8 Å². The van der Waals surface area contributed by atoms with Crippen molar-refractivity contribution in [3.05, 3.63) is 45.0 Å². The number of aromatic nitrogens is 1. The van der Waals surface area contributed by atoms with Gasteiger partial charge in [-0.3, -0.25) is 0 Å². The molecule has 2 N–H and O–H groups in total. The van der Waals surface area contributed by atoms with Crippen LogP contribution >= 0.6 is 31.9 Å². The molecule has 0 aliphatic rings. The summed E-state index contributed by atoms with van der Waals surface area (Å²) in [5.41, 5.74) is 7.17. The van der Waals surface area contributed by atoms with Crippen LogP contribution < -0.4 is 10.5 Å². The first kappa shape index (κ1) is 12.4. The summed E-state index contributed by atoms with van der Waals surface area (Å²) in [4.78, 5) is 4.16. The fourth-order valence-electron chi connectivity index (χ4n) is 1.35. The number of aryl methyl sites for hydroxylation is 1. The van der Waals surface area contributed by atoms with Crippen LogP contribution in [0, 0.1) is 6.92 Å². The summed E-state index contributed by atoms with van der Waals surface area (Å²) >= 11 is 6.82. The average molecular weight is 358 g/mol. The molecular formula is C12H10Br2N2O. The van der Waals surface area contributed by atoms with Gasteiger partial charge in [-0.25, -0.2) is 4.98 Å². The standard InChI is InChI=1S/C12H10Br2N2O/c1-7-4-9(15)6-16-12(7)17-11-3-2-8(13)5-10(11)14/h2-6H,15H2,1H3. The Hall–Kier alpha value is -1.07. The second-order valence-electron chi connectivity index (χ2n) is 3.57. The molecule has 3 nitrogen and oxygen atoms in total. The average Bonchev–Trinajstić information content (AvgIpc) is 2.25. The summed E-state index contributed by atoms with van der Waals surface area (Å²) < 4.78 is 7.57. The number of hydrogen-bond donors (Lipinski definition) is 1. The molecule has 88 valence electrons. The van der Waals surface area contributed by atoms with E-state index in [0.717, 1.165) is 14.5 Å². The molecule has 0 aliphatic heterocycles. The summed E-state index contributed by atoms with van der Waals surface area (Å²) in [5, 5.41) is 0. The molecule has 0 radical (unpaired) electrons. The van der Waals surface area contributed by atoms with Gasteiger partial charge in [-0.2, -0.15) is 0 Å². The molecule has 0 fully saturated rings. The highest BCUT2D eigenvalue weighted by Gasteiger charge is 2.07. The van der Waals surface area contributed by atoms with E-state index in [1.54, 1.807) is 6.20 Å². The number of hydrogen-bond acceptors (Lipinski definition) is 3. The third-order valence-corrected chi connectivity index (χ3v) is 3.26. The number of nitrogens with zero attached hydrogens (tertiary/aromatic N) is 1. The Morgan fingerprint density at radius 3 is 2.65 bits per heavy atom. The number of nitrogen functional groups attached to an aromatic ring is 1. The SMILES string of the molecule is Cc1cc(N)cnc1Oc1ccc(Br)cc1Br. The largest absolute Gasteiger partial charge is 0.438 e. The highest BCUT2D eigenvalue weighted by Crippen LogP contribution is 2.32. The van der Waals surface area contributed by atoms with Gasteiger partial charge in [-0.1, -0.05) is 15.9 Å². The smallest absolute Gasteiger partial charge is 0.222 e. The van der Waals surface area contributed by atoms with Gasteiger partial charge in [-0.05, 0) is 47.1 Å². The lowest BCUT2D eigenvalue weighted by atomic mass is 10.3. The van der Waals surface area contributed by atoms with Crippen molar-refractivity contribution in [3.63, 3.8) is 0 Å². The van der Waals surface area contributed by atoms with Gasteiger partial charge in [0, 0.05) is 10.0 Å². The lowest BCUT2D eigenvalue weighted by molar-refractivity contribution is 0.456. The van der Waals surface area contributed by atoms with Gasteiger partial charge in [-0.15, -0.1) is 0 Å². The van der Waals surface area contributed by atoms with E-state index in [9.17, 15) is 0 Å². The first-order valence-corrected chi connectivity index (χ1v) is 6.50. The number of halogens is 2. The van der Waals surface area contributed by atoms with Gasteiger partial charge in [0.05, 0.1) is 16.4 Å². The maximum absolute atomic E-state index is 5.72. The number of anilines is 1. The van der Waals surface area contributed by atoms with Crippen molar-refractivity contribution in [1.82, 2.24) is 4.98 Å². The van der Waals surface area contributed by atoms with Crippen LogP contribution in [0.1, 0.15) is 5.56 Å². The lowest BCUT2D eigenvalue weighted by Gasteiger charge is -2.09. The molecule has 1 heterocycles. The number of rotatable bonds is 2. The van der Waals surface area contributed by atoms with Crippen molar-refractivity contribution in [2.75, 3.05) is 5.73 Å². The van der Waals surface area contributed by atoms with Crippen molar-refractivity contribution in [3.8, 4) is 11.6 Å². The van der Waals surface area contributed by atoms with E-state index in [-0.39, 0.29) is 0 Å². The number of nitrogens with two attached hydrogens (primary N) is 1. The Kier molecular flexibility index (Phi) is 3.69. The van der Waals surface area contributed by atoms with Crippen LogP contribution in [0.5, 0.6) is 11.6 Å². The van der Waals surface area contributed by atoms with Gasteiger partial charge in [0.15, 0.2) is 0 Å². The topological polar surface area (TPSA) is 48.1 Å². The summed E-state index contributed by atoms with van der Waals surface area (Å²) in [6.07, 6.45) is 1.58. The van der Waals surface area contributed by atoms with E-state index in [4.69, 9.17) is 10.5 Å². The van der Waals surface area contributed by atoms with Crippen LogP contribution in [0.25, 0.3) is 0 Å². The minimum absolute atomic E-state index is 0.558. The normalized spacial score (nSPS) is 10.3. The number of benzene rings is 1. The lowest BCUT2D eigenvalue weighted by Crippen LogP contribution is -1.94. The molecule has 2 rings (SSSR count). The Morgan fingerprint density at radius 2 is 2.00 bits per heavy atom. The van der Waals surface area contributed by atoms with Crippen LogP contribution in [-0.2, 0) is 0 Å². The molecule has 0 aliphatic carbocycles. The monoisotopic (exact) mass is 356 g/mol. The van der Waals surface area contributed by atoms with Gasteiger partial charge in [0.2, 0.25) is 5.88 Å². The van der Waals surface area contributed by atoms with E-state index in [0.29, 0.717) is 17.3 Å². The molecule has 0 unspecified atom stereocenters. The molecular weight excluding hydrogens is 348 g/mol. The zero-order chi connectivity index (χ0) is 12.4. The highest BCUT2D eigenvalue weighted by atomic mass is 79.9. The van der Waals surface area contributed by atoms with Crippen molar-refractivity contribution < 1.29 is 4.74 Å². The fourth-order valence-corrected chi connectivity index (χ4v) is 2.48. The molecule has 0 atom stereocenters. The summed E-state index contributed by atoms with van der Waals surface area (Å²) in [5.74, 6) is 1.27. The highest BCUT2D eigenvalue weighted by molar-refractivity contribution is 9.11. The third kappa shape index (κ3) is 2.98. The van der Waals surface area contributed by atoms with Crippen molar-refractivity contribution in [2.24, 2.45) is 0 Å². The van der Waals surface area contributed by atoms with Crippen LogP contribution in [0.4, 0.5) is 5.69 Å². The number of pyridine rings is 1. The zero-order valence-corrected chi connectivity index (χ0v) is 12.2. The summed E-state index contributed by atoms with van der Waals surface area (Å²) in [6, 6.07) is 7.52. The van der Waals surface area contributed by atoms with Gasteiger partial charge in [0.1, 0.15) is 5.75 Å². The molecule has 2 aromatic rings. The number of ether oxygens (including phenoxy) is 1. The van der Waals surface area contributed by atoms with Gasteiger partial charge in [0.25, 0.3) is 0 Å². The van der Waals surface area contributed by atoms with E-state index < -0.39 is 0 Å². The molecule has 0 saturated carbocycles. The van der Waals surface area contributed by atoms with E-state index in [1.165, 1.54) is 0 Å². The molecule has 1 aromatic heterocycles. The van der Waals surface area contributed by atoms with Crippen LogP contribution in [-0.4, -0.2) is 4.98 Å². The first-order valence-electron chi connectivity index (χ1n) is 4.91. The van der Waals surface area contributed by atoms with Crippen molar-refractivity contribution in [1.29, 1.82) is 0 Å². The molecule has 0 amide bonds. The molecule has 0 saturated heterocycles. The summed E-state index contributed by atoms with van der Waals surface area (Å²) in [7, 11) is 0. The van der Waals surface area contributed by atoms with Gasteiger partial charge >= 0.3 is 0 Å². The quantitative estimate of drug-likeness (QED) is 0.872. The minimum Gasteiger partial charge on any atom is -0.438 e. The Morgan fingerprint density at radius 1 is 1.24 bits per heavy atom. The maximum atomic E-state index is 5.72. The predicted octanol–water partition coefficient (Wildman–Crippen LogP) is 4.29. The Balaban J connectivity index is 2.31. The maximum Gasteiger partial charge on any atom is 0.222 e. The second-order valence-corrected chi connectivity index (χ2v) is 5.34. The Bertz CT molecular complexity index is 509. The molecule has 17 heavy (non-hydrogen) atoms. The molecule has 1 aromatic carbocycles. The third-order valence-electron chi connectivity index (χ3n) is 2.15. The predicted molar refractivity (Wildman–Crippen MR) is 75.3 cm³/mol. The fraction of sp³-hybridized carbons (Fsp3) is 0.0833. The van der Waals surface area contributed by atoms with E-state index >= 15 is 0 Å². The van der Waals surface area contributed by atoms with E-state index in [1.807, 2.05) is 31.2 Å². The van der Waals surface area contributed by atoms with Crippen molar-refractivity contribution >= 4 is 37.5 Å². The van der Waals surface area contributed by atoms with Gasteiger partial charge < -0.3 is 10.5 Å². The summed E-state index contributed by atoms with van der Waals surface area (Å²) in [6.45, 7) is 1.91. The first-order chi connectivity index (χ1) is 8.06. The molecule has 0 spiro atoms. The molecule has 0 bridgehead atoms. The Labute approximate surface area is 116 Å². The zero-order valence-electron chi connectivity index (χ0n) is 9.08. The molecule has 5 heteroatoms. The van der Waals surface area contributed by atoms with Crippen LogP contribution in [0.3, 0.4) is 0 Å². The van der Waals surface area contributed by atoms with Crippen molar-refractivity contribution in [2.45, 2.75) is 6.92 Å². The second kappa shape index (κ2) is 5.06.